The zero-order chi connectivity index (χ0) is 12.7. The Morgan fingerprint density at radius 1 is 1.41 bits per heavy atom. The van der Waals surface area contributed by atoms with E-state index in [2.05, 4.69) is 29.5 Å². The first kappa shape index (κ1) is 14.1. The Balaban J connectivity index is 2.86. The highest BCUT2D eigenvalue weighted by Crippen LogP contribution is 2.21. The molecule has 1 heterocycles. The summed E-state index contributed by atoms with van der Waals surface area (Å²) in [6, 6.07) is 0.154. The second-order valence-corrected chi connectivity index (χ2v) is 4.21. The number of aromatic nitrogens is 3. The van der Waals surface area contributed by atoms with Gasteiger partial charge in [0.25, 0.3) is 0 Å². The molecule has 0 saturated carbocycles. The van der Waals surface area contributed by atoms with Gasteiger partial charge in [-0.1, -0.05) is 25.5 Å². The summed E-state index contributed by atoms with van der Waals surface area (Å²) < 4.78 is 7.53. The quantitative estimate of drug-likeness (QED) is 0.752. The first-order valence-electron chi connectivity index (χ1n) is 6.36. The van der Waals surface area contributed by atoms with Gasteiger partial charge in [-0.3, -0.25) is 0 Å². The van der Waals surface area contributed by atoms with Crippen LogP contribution in [-0.4, -0.2) is 35.3 Å². The van der Waals surface area contributed by atoms with Crippen LogP contribution in [-0.2, 0) is 11.3 Å². The molecule has 17 heavy (non-hydrogen) atoms. The van der Waals surface area contributed by atoms with E-state index in [-0.39, 0.29) is 12.1 Å². The second-order valence-electron chi connectivity index (χ2n) is 4.21. The van der Waals surface area contributed by atoms with E-state index in [0.717, 1.165) is 31.5 Å². The third-order valence-electron chi connectivity index (χ3n) is 2.96. The van der Waals surface area contributed by atoms with Gasteiger partial charge >= 0.3 is 0 Å². The number of methoxy groups -OCH3 is 1. The van der Waals surface area contributed by atoms with Crippen molar-refractivity contribution in [2.75, 3.05) is 14.2 Å². The number of rotatable bonds is 8. The van der Waals surface area contributed by atoms with Crippen LogP contribution in [0.1, 0.15) is 44.8 Å². The highest BCUT2D eigenvalue weighted by molar-refractivity contribution is 5.05. The first-order valence-corrected chi connectivity index (χ1v) is 6.36. The average Bonchev–Trinajstić information content (AvgIpc) is 2.78. The number of hydrogen-bond acceptors (Lipinski definition) is 4. The second kappa shape index (κ2) is 7.40. The predicted octanol–water partition coefficient (Wildman–Crippen LogP) is 1.76. The van der Waals surface area contributed by atoms with Crippen molar-refractivity contribution in [2.45, 2.75) is 51.8 Å². The summed E-state index contributed by atoms with van der Waals surface area (Å²) in [6.07, 6.45) is 5.18. The van der Waals surface area contributed by atoms with Gasteiger partial charge in [-0.15, -0.1) is 5.10 Å². The zero-order valence-electron chi connectivity index (χ0n) is 11.3. The van der Waals surface area contributed by atoms with Crippen molar-refractivity contribution in [3.05, 3.63) is 11.9 Å². The van der Waals surface area contributed by atoms with E-state index in [1.807, 2.05) is 17.9 Å². The van der Waals surface area contributed by atoms with Crippen molar-refractivity contribution in [1.82, 2.24) is 20.3 Å². The monoisotopic (exact) mass is 240 g/mol. The zero-order valence-corrected chi connectivity index (χ0v) is 11.3. The van der Waals surface area contributed by atoms with Gasteiger partial charge in [-0.25, -0.2) is 4.68 Å². The van der Waals surface area contributed by atoms with Crippen LogP contribution in [0.5, 0.6) is 0 Å². The standard InChI is InChI=1S/C12H24N4O/c1-5-7-11(17-4)12(13-3)10-9-14-15-16(10)8-6-2/h9,11-13H,5-8H2,1-4H3. The van der Waals surface area contributed by atoms with Crippen molar-refractivity contribution < 1.29 is 4.74 Å². The van der Waals surface area contributed by atoms with Crippen molar-refractivity contribution in [3.63, 3.8) is 0 Å². The van der Waals surface area contributed by atoms with Gasteiger partial charge in [0.15, 0.2) is 0 Å². The maximum absolute atomic E-state index is 5.57. The molecule has 0 aliphatic heterocycles. The number of likely N-dealkylation sites (N-methyl/N-ethyl adjacent to an activating group) is 1. The Morgan fingerprint density at radius 2 is 2.18 bits per heavy atom. The fourth-order valence-electron chi connectivity index (χ4n) is 2.12. The van der Waals surface area contributed by atoms with Crippen LogP contribution in [0.3, 0.4) is 0 Å². The van der Waals surface area contributed by atoms with E-state index < -0.39 is 0 Å². The highest BCUT2D eigenvalue weighted by atomic mass is 16.5. The van der Waals surface area contributed by atoms with E-state index in [4.69, 9.17) is 4.74 Å². The molecule has 0 aliphatic carbocycles. The normalized spacial score (nSPS) is 14.8. The smallest absolute Gasteiger partial charge is 0.0783 e. The summed E-state index contributed by atoms with van der Waals surface area (Å²) in [6.45, 7) is 5.20. The molecule has 0 radical (unpaired) electrons. The lowest BCUT2D eigenvalue weighted by molar-refractivity contribution is 0.0602. The molecule has 1 rings (SSSR count). The fraction of sp³-hybridized carbons (Fsp3) is 0.833. The van der Waals surface area contributed by atoms with Crippen molar-refractivity contribution in [1.29, 1.82) is 0 Å². The molecule has 98 valence electrons. The molecule has 0 bridgehead atoms. The molecule has 1 N–H and O–H groups in total. The van der Waals surface area contributed by atoms with Gasteiger partial charge < -0.3 is 10.1 Å². The molecular weight excluding hydrogens is 216 g/mol. The SMILES string of the molecule is CCCC(OC)C(NC)c1cnnn1CCC. The lowest BCUT2D eigenvalue weighted by Gasteiger charge is -2.25. The minimum atomic E-state index is 0.154. The third-order valence-corrected chi connectivity index (χ3v) is 2.96. The van der Waals surface area contributed by atoms with Crippen LogP contribution in [0.2, 0.25) is 0 Å². The summed E-state index contributed by atoms with van der Waals surface area (Å²) in [4.78, 5) is 0. The Bertz CT molecular complexity index is 313. The summed E-state index contributed by atoms with van der Waals surface area (Å²) in [7, 11) is 3.72. The van der Waals surface area contributed by atoms with Crippen LogP contribution in [0, 0.1) is 0 Å². The van der Waals surface area contributed by atoms with Crippen molar-refractivity contribution in [3.8, 4) is 0 Å². The third kappa shape index (κ3) is 3.51. The lowest BCUT2D eigenvalue weighted by Crippen LogP contribution is -2.33. The minimum absolute atomic E-state index is 0.154. The van der Waals surface area contributed by atoms with Crippen molar-refractivity contribution in [2.24, 2.45) is 0 Å². The Morgan fingerprint density at radius 3 is 2.71 bits per heavy atom. The summed E-state index contributed by atoms with van der Waals surface area (Å²) >= 11 is 0. The number of aryl methyl sites for hydroxylation is 1. The molecule has 2 unspecified atom stereocenters. The van der Waals surface area contributed by atoms with Crippen LogP contribution >= 0.6 is 0 Å². The Hall–Kier alpha value is -0.940. The summed E-state index contributed by atoms with van der Waals surface area (Å²) in [5, 5.41) is 11.4. The molecule has 5 heteroatoms. The summed E-state index contributed by atoms with van der Waals surface area (Å²) in [5.74, 6) is 0. The Kier molecular flexibility index (Phi) is 6.15. The van der Waals surface area contributed by atoms with Crippen molar-refractivity contribution >= 4 is 0 Å². The summed E-state index contributed by atoms with van der Waals surface area (Å²) in [5.41, 5.74) is 1.11. The maximum atomic E-state index is 5.57. The lowest BCUT2D eigenvalue weighted by atomic mass is 10.0. The molecule has 1 aromatic heterocycles. The van der Waals surface area contributed by atoms with Crippen LogP contribution in [0.4, 0.5) is 0 Å². The molecule has 0 aliphatic rings. The van der Waals surface area contributed by atoms with Crippen LogP contribution in [0.15, 0.2) is 6.20 Å². The van der Waals surface area contributed by atoms with Crippen LogP contribution in [0.25, 0.3) is 0 Å². The average molecular weight is 240 g/mol. The predicted molar refractivity (Wildman–Crippen MR) is 67.8 cm³/mol. The maximum Gasteiger partial charge on any atom is 0.0783 e. The van der Waals surface area contributed by atoms with Gasteiger partial charge in [0, 0.05) is 13.7 Å². The number of hydrogen-bond donors (Lipinski definition) is 1. The molecule has 5 nitrogen and oxygen atoms in total. The van der Waals surface area contributed by atoms with Gasteiger partial charge in [-0.05, 0) is 19.9 Å². The molecule has 0 fully saturated rings. The van der Waals surface area contributed by atoms with E-state index >= 15 is 0 Å². The van der Waals surface area contributed by atoms with Gasteiger partial charge in [0.1, 0.15) is 0 Å². The van der Waals surface area contributed by atoms with E-state index in [0.29, 0.717) is 0 Å². The Labute approximate surface area is 104 Å². The molecule has 1 aromatic rings. The topological polar surface area (TPSA) is 52.0 Å². The number of ether oxygens (including phenoxy) is 1. The van der Waals surface area contributed by atoms with Gasteiger partial charge in [-0.2, -0.15) is 0 Å². The van der Waals surface area contributed by atoms with Gasteiger partial charge in [0.2, 0.25) is 0 Å². The molecule has 0 aromatic carbocycles. The largest absolute Gasteiger partial charge is 0.379 e. The number of nitrogens with zero attached hydrogens (tertiary/aromatic N) is 3. The highest BCUT2D eigenvalue weighted by Gasteiger charge is 2.24. The molecule has 0 spiro atoms. The first-order chi connectivity index (χ1) is 8.28. The molecule has 0 saturated heterocycles. The minimum Gasteiger partial charge on any atom is -0.379 e. The molecule has 0 amide bonds. The fourth-order valence-corrected chi connectivity index (χ4v) is 2.12. The van der Waals surface area contributed by atoms with Crippen LogP contribution < -0.4 is 5.32 Å². The van der Waals surface area contributed by atoms with E-state index in [9.17, 15) is 0 Å². The number of nitrogens with one attached hydrogen (secondary N) is 1. The molecular formula is C12H24N4O. The van der Waals surface area contributed by atoms with E-state index in [1.165, 1.54) is 0 Å². The van der Waals surface area contributed by atoms with Gasteiger partial charge in [0.05, 0.1) is 24.0 Å². The van der Waals surface area contributed by atoms with E-state index in [1.54, 1.807) is 7.11 Å². The molecule has 2 atom stereocenters.